The van der Waals surface area contributed by atoms with E-state index >= 15 is 0 Å². The Morgan fingerprint density at radius 1 is 1.46 bits per heavy atom. The summed E-state index contributed by atoms with van der Waals surface area (Å²) in [6.45, 7) is 1.37. The molecule has 1 atom stereocenters. The summed E-state index contributed by atoms with van der Waals surface area (Å²) in [4.78, 5) is 18.5. The maximum absolute atomic E-state index is 14.8. The molecule has 8 nitrogen and oxygen atoms in total. The fourth-order valence-corrected chi connectivity index (χ4v) is 4.34. The number of anilines is 1. The number of likely N-dealkylation sites (N-methyl/N-ethyl adjacent to an activating group) is 1. The molecular weight excluding hydrogens is 363 g/mol. The van der Waals surface area contributed by atoms with E-state index in [1.807, 2.05) is 30.3 Å². The van der Waals surface area contributed by atoms with E-state index < -0.39 is 11.3 Å². The van der Waals surface area contributed by atoms with Gasteiger partial charge in [0, 0.05) is 31.6 Å². The van der Waals surface area contributed by atoms with E-state index in [0.717, 1.165) is 18.5 Å². The molecule has 28 heavy (non-hydrogen) atoms. The van der Waals surface area contributed by atoms with Gasteiger partial charge in [-0.05, 0) is 38.6 Å². The van der Waals surface area contributed by atoms with Crippen LogP contribution in [-0.2, 0) is 4.79 Å². The lowest BCUT2D eigenvalue weighted by Gasteiger charge is -2.42. The van der Waals surface area contributed by atoms with Crippen molar-refractivity contribution in [1.82, 2.24) is 24.8 Å². The van der Waals surface area contributed by atoms with Gasteiger partial charge in [0.1, 0.15) is 17.5 Å². The van der Waals surface area contributed by atoms with Crippen LogP contribution in [0.15, 0.2) is 24.7 Å². The van der Waals surface area contributed by atoms with Gasteiger partial charge in [-0.2, -0.15) is 5.10 Å². The molecule has 1 aliphatic heterocycles. The quantitative estimate of drug-likeness (QED) is 0.681. The zero-order valence-electron chi connectivity index (χ0n) is 16.1. The van der Waals surface area contributed by atoms with Crippen LogP contribution in [0.2, 0.25) is 0 Å². The molecule has 1 unspecified atom stereocenters. The summed E-state index contributed by atoms with van der Waals surface area (Å²) in [7, 11) is 1.93. The van der Waals surface area contributed by atoms with Crippen molar-refractivity contribution >= 4 is 17.2 Å². The van der Waals surface area contributed by atoms with Crippen molar-refractivity contribution in [2.45, 2.75) is 49.4 Å². The van der Waals surface area contributed by atoms with Gasteiger partial charge in [0.15, 0.2) is 5.82 Å². The van der Waals surface area contributed by atoms with Crippen LogP contribution >= 0.6 is 0 Å². The van der Waals surface area contributed by atoms with Crippen molar-refractivity contribution in [3.8, 4) is 0 Å². The number of carbonyl (C=O) groups excluding carboxylic acids is 1. The normalized spacial score (nSPS) is 30.8. The first-order valence-electron chi connectivity index (χ1n) is 9.76. The number of alkyl halides is 1. The minimum atomic E-state index is -1.43. The SMILES string of the molecule is CN1CCCC(O)(CC(=O)NCC2(F)CC(Nc3ncnn4cccc34)C2)C1. The molecule has 2 aliphatic rings. The highest BCUT2D eigenvalue weighted by molar-refractivity contribution is 5.77. The second-order valence-corrected chi connectivity index (χ2v) is 8.37. The molecule has 1 saturated carbocycles. The topological polar surface area (TPSA) is 94.8 Å². The number of nitrogens with zero attached hydrogens (tertiary/aromatic N) is 4. The number of likely N-dealkylation sites (tertiary alicyclic amines) is 1. The molecule has 9 heteroatoms. The number of amides is 1. The van der Waals surface area contributed by atoms with Crippen LogP contribution in [-0.4, -0.2) is 74.5 Å². The Labute approximate surface area is 163 Å². The smallest absolute Gasteiger partial charge is 0.223 e. The molecule has 2 aromatic rings. The standard InChI is InChI=1S/C19H27FN6O2/c1-25-6-3-5-19(28,12-25)10-16(27)21-11-18(20)8-14(9-18)24-17-15-4-2-7-26(15)23-13-22-17/h2,4,7,13-14,28H,3,5-6,8-12H2,1H3,(H,21,27)(H,22,23,24). The van der Waals surface area contributed by atoms with Gasteiger partial charge in [0.25, 0.3) is 0 Å². The zero-order chi connectivity index (χ0) is 19.8. The molecule has 1 aliphatic carbocycles. The van der Waals surface area contributed by atoms with Crippen LogP contribution in [0, 0.1) is 0 Å². The number of piperidine rings is 1. The third kappa shape index (κ3) is 4.10. The third-order valence-corrected chi connectivity index (χ3v) is 5.74. The maximum atomic E-state index is 14.8. The van der Waals surface area contributed by atoms with E-state index in [1.54, 1.807) is 4.52 Å². The predicted octanol–water partition coefficient (Wildman–Crippen LogP) is 0.975. The van der Waals surface area contributed by atoms with Gasteiger partial charge in [0.2, 0.25) is 5.91 Å². The fourth-order valence-electron chi connectivity index (χ4n) is 4.34. The second kappa shape index (κ2) is 7.29. The molecule has 152 valence electrons. The van der Waals surface area contributed by atoms with Crippen molar-refractivity contribution in [2.75, 3.05) is 32.0 Å². The Morgan fingerprint density at radius 2 is 2.29 bits per heavy atom. The molecule has 0 spiro atoms. The number of carbonyl (C=O) groups is 1. The highest BCUT2D eigenvalue weighted by Crippen LogP contribution is 2.38. The van der Waals surface area contributed by atoms with Gasteiger partial charge in [-0.25, -0.2) is 13.9 Å². The van der Waals surface area contributed by atoms with Crippen LogP contribution in [0.5, 0.6) is 0 Å². The first kappa shape index (κ1) is 19.1. The molecule has 0 radical (unpaired) electrons. The highest BCUT2D eigenvalue weighted by atomic mass is 19.1. The summed E-state index contributed by atoms with van der Waals surface area (Å²) in [5.74, 6) is 0.386. The van der Waals surface area contributed by atoms with Gasteiger partial charge in [-0.3, -0.25) is 4.79 Å². The Morgan fingerprint density at radius 3 is 3.07 bits per heavy atom. The van der Waals surface area contributed by atoms with Crippen molar-refractivity contribution in [1.29, 1.82) is 0 Å². The van der Waals surface area contributed by atoms with Gasteiger partial charge in [-0.1, -0.05) is 0 Å². The lowest BCUT2D eigenvalue weighted by molar-refractivity contribution is -0.129. The summed E-state index contributed by atoms with van der Waals surface area (Å²) in [6, 6.07) is 3.74. The Balaban J connectivity index is 1.24. The van der Waals surface area contributed by atoms with Crippen molar-refractivity contribution in [2.24, 2.45) is 0 Å². The van der Waals surface area contributed by atoms with Gasteiger partial charge in [-0.15, -0.1) is 0 Å². The third-order valence-electron chi connectivity index (χ3n) is 5.74. The molecule has 1 saturated heterocycles. The summed E-state index contributed by atoms with van der Waals surface area (Å²) < 4.78 is 16.6. The summed E-state index contributed by atoms with van der Waals surface area (Å²) in [6.07, 6.45) is 5.38. The van der Waals surface area contributed by atoms with Crippen molar-refractivity contribution < 1.29 is 14.3 Å². The fraction of sp³-hybridized carbons (Fsp3) is 0.632. The number of fused-ring (bicyclic) bond motifs is 1. The van der Waals surface area contributed by atoms with Crippen LogP contribution in [0.1, 0.15) is 32.1 Å². The van der Waals surface area contributed by atoms with E-state index in [9.17, 15) is 14.3 Å². The number of aliphatic hydroxyl groups is 1. The van der Waals surface area contributed by atoms with E-state index in [2.05, 4.69) is 20.7 Å². The first-order chi connectivity index (χ1) is 13.3. The van der Waals surface area contributed by atoms with E-state index in [4.69, 9.17) is 0 Å². The minimum Gasteiger partial charge on any atom is -0.388 e. The molecule has 4 rings (SSSR count). The van der Waals surface area contributed by atoms with E-state index in [-0.39, 0.29) is 24.9 Å². The summed E-state index contributed by atoms with van der Waals surface area (Å²) in [5.41, 5.74) is -1.59. The van der Waals surface area contributed by atoms with Crippen LogP contribution < -0.4 is 10.6 Å². The number of β-amino-alcohol motifs (C(OH)–C–C–N with tert-alkyl or cyclic N) is 1. The van der Waals surface area contributed by atoms with Crippen molar-refractivity contribution in [3.05, 3.63) is 24.7 Å². The molecule has 3 heterocycles. The lowest BCUT2D eigenvalue weighted by Crippen LogP contribution is -2.55. The molecule has 2 aromatic heterocycles. The van der Waals surface area contributed by atoms with Gasteiger partial charge < -0.3 is 20.6 Å². The Kier molecular flexibility index (Phi) is 4.96. The highest BCUT2D eigenvalue weighted by Gasteiger charge is 2.45. The Bertz CT molecular complexity index is 852. The average molecular weight is 390 g/mol. The van der Waals surface area contributed by atoms with Crippen molar-refractivity contribution in [3.63, 3.8) is 0 Å². The van der Waals surface area contributed by atoms with Crippen LogP contribution in [0.3, 0.4) is 0 Å². The summed E-state index contributed by atoms with van der Waals surface area (Å²) in [5, 5.41) is 20.6. The number of aromatic nitrogens is 3. The monoisotopic (exact) mass is 390 g/mol. The predicted molar refractivity (Wildman–Crippen MR) is 103 cm³/mol. The van der Waals surface area contributed by atoms with E-state index in [1.165, 1.54) is 6.33 Å². The number of hydrogen-bond acceptors (Lipinski definition) is 6. The molecule has 0 bridgehead atoms. The number of rotatable bonds is 6. The largest absolute Gasteiger partial charge is 0.388 e. The second-order valence-electron chi connectivity index (χ2n) is 8.37. The molecular formula is C19H27FN6O2. The number of nitrogens with one attached hydrogen (secondary N) is 2. The lowest BCUT2D eigenvalue weighted by atomic mass is 9.77. The summed E-state index contributed by atoms with van der Waals surface area (Å²) >= 11 is 0. The van der Waals surface area contributed by atoms with E-state index in [0.29, 0.717) is 31.6 Å². The van der Waals surface area contributed by atoms with Crippen LogP contribution in [0.4, 0.5) is 10.2 Å². The van der Waals surface area contributed by atoms with Crippen LogP contribution in [0.25, 0.3) is 5.52 Å². The maximum Gasteiger partial charge on any atom is 0.223 e. The molecule has 3 N–H and O–H groups in total. The van der Waals surface area contributed by atoms with Gasteiger partial charge >= 0.3 is 0 Å². The average Bonchev–Trinajstić information content (AvgIpc) is 3.08. The number of halogens is 1. The first-order valence-corrected chi connectivity index (χ1v) is 9.76. The zero-order valence-corrected chi connectivity index (χ0v) is 16.1. The Hall–Kier alpha value is -2.26. The molecule has 1 amide bonds. The minimum absolute atomic E-state index is 0.0161. The number of hydrogen-bond donors (Lipinski definition) is 3. The molecule has 2 fully saturated rings. The molecule has 0 aromatic carbocycles. The van der Waals surface area contributed by atoms with Gasteiger partial charge in [0.05, 0.1) is 18.6 Å².